The molecule has 0 aliphatic carbocycles. The van der Waals surface area contributed by atoms with Crippen LogP contribution in [0.4, 0.5) is 0 Å². The van der Waals surface area contributed by atoms with Crippen molar-refractivity contribution in [3.8, 4) is 34.2 Å². The van der Waals surface area contributed by atoms with E-state index in [1.165, 1.54) is 0 Å². The van der Waals surface area contributed by atoms with Gasteiger partial charge < -0.3 is 4.42 Å². The lowest BCUT2D eigenvalue weighted by molar-refractivity contribution is 0.669. The molecule has 0 saturated carbocycles. The Bertz CT molecular complexity index is 1520. The van der Waals surface area contributed by atoms with Gasteiger partial charge in [-0.05, 0) is 18.2 Å². The summed E-state index contributed by atoms with van der Waals surface area (Å²) >= 11 is 6.58. The van der Waals surface area contributed by atoms with Gasteiger partial charge in [0.05, 0.1) is 10.6 Å². The Morgan fingerprint density at radius 1 is 0.562 bits per heavy atom. The van der Waals surface area contributed by atoms with Crippen LogP contribution in [0.2, 0.25) is 5.02 Å². The molecule has 0 saturated heterocycles. The summed E-state index contributed by atoms with van der Waals surface area (Å²) in [6.45, 7) is 0. The molecule has 6 aromatic rings. The standard InChI is InChI=1S/C27H16ClN3O/c28-21-16-15-20(24-23(21)19-13-7-8-14-22(19)32-24)27-30-25(17-9-3-1-4-10-17)29-26(31-27)18-11-5-2-6-12-18/h1-16H. The van der Waals surface area contributed by atoms with Crippen molar-refractivity contribution in [1.29, 1.82) is 0 Å². The summed E-state index contributed by atoms with van der Waals surface area (Å²) in [7, 11) is 0. The summed E-state index contributed by atoms with van der Waals surface area (Å²) in [5, 5.41) is 2.46. The highest BCUT2D eigenvalue weighted by Gasteiger charge is 2.19. The van der Waals surface area contributed by atoms with Crippen LogP contribution in [0, 0.1) is 0 Å². The first kappa shape index (κ1) is 18.7. The second-order valence-electron chi connectivity index (χ2n) is 7.44. The van der Waals surface area contributed by atoms with E-state index in [0.717, 1.165) is 33.0 Å². The van der Waals surface area contributed by atoms with Crippen LogP contribution < -0.4 is 0 Å². The van der Waals surface area contributed by atoms with Gasteiger partial charge in [-0.25, -0.2) is 15.0 Å². The molecule has 152 valence electrons. The van der Waals surface area contributed by atoms with Crippen molar-refractivity contribution in [2.75, 3.05) is 0 Å². The van der Waals surface area contributed by atoms with E-state index in [-0.39, 0.29) is 0 Å². The summed E-state index contributed by atoms with van der Waals surface area (Å²) < 4.78 is 6.23. The van der Waals surface area contributed by atoms with Gasteiger partial charge in [0.1, 0.15) is 11.2 Å². The molecule has 0 aliphatic heterocycles. The summed E-state index contributed by atoms with van der Waals surface area (Å²) in [5.41, 5.74) is 4.06. The highest BCUT2D eigenvalue weighted by Crippen LogP contribution is 2.39. The van der Waals surface area contributed by atoms with Gasteiger partial charge in [-0.2, -0.15) is 0 Å². The molecule has 6 rings (SSSR count). The maximum atomic E-state index is 6.58. The molecule has 5 heteroatoms. The van der Waals surface area contributed by atoms with E-state index in [4.69, 9.17) is 31.0 Å². The third kappa shape index (κ3) is 3.13. The molecule has 4 nitrogen and oxygen atoms in total. The highest BCUT2D eigenvalue weighted by molar-refractivity contribution is 6.38. The van der Waals surface area contributed by atoms with Gasteiger partial charge in [-0.1, -0.05) is 90.5 Å². The normalized spacial score (nSPS) is 11.3. The molecular weight excluding hydrogens is 418 g/mol. The Hall–Kier alpha value is -4.02. The van der Waals surface area contributed by atoms with Crippen LogP contribution in [-0.4, -0.2) is 15.0 Å². The average molecular weight is 434 g/mol. The molecule has 32 heavy (non-hydrogen) atoms. The third-order valence-electron chi connectivity index (χ3n) is 5.42. The Balaban J connectivity index is 1.65. The number of furan rings is 1. The highest BCUT2D eigenvalue weighted by atomic mass is 35.5. The van der Waals surface area contributed by atoms with E-state index in [1.54, 1.807) is 0 Å². The quantitative estimate of drug-likeness (QED) is 0.291. The molecule has 0 radical (unpaired) electrons. The Labute approximate surface area is 189 Å². The van der Waals surface area contributed by atoms with Gasteiger partial charge in [-0.15, -0.1) is 0 Å². The fourth-order valence-corrected chi connectivity index (χ4v) is 4.14. The molecule has 2 heterocycles. The van der Waals surface area contributed by atoms with E-state index in [2.05, 4.69) is 0 Å². The molecular formula is C27H16ClN3O. The maximum Gasteiger partial charge on any atom is 0.167 e. The lowest BCUT2D eigenvalue weighted by Gasteiger charge is -2.09. The van der Waals surface area contributed by atoms with Gasteiger partial charge in [0, 0.05) is 21.9 Å². The first-order chi connectivity index (χ1) is 15.8. The second-order valence-corrected chi connectivity index (χ2v) is 7.84. The predicted octanol–water partition coefficient (Wildman–Crippen LogP) is 7.43. The van der Waals surface area contributed by atoms with E-state index >= 15 is 0 Å². The topological polar surface area (TPSA) is 51.8 Å². The Morgan fingerprint density at radius 2 is 1.12 bits per heavy atom. The van der Waals surface area contributed by atoms with Crippen molar-refractivity contribution in [1.82, 2.24) is 15.0 Å². The number of halogens is 1. The number of nitrogens with zero attached hydrogens (tertiary/aromatic N) is 3. The summed E-state index contributed by atoms with van der Waals surface area (Å²) in [5.74, 6) is 1.75. The van der Waals surface area contributed by atoms with E-state index in [0.29, 0.717) is 28.1 Å². The lowest BCUT2D eigenvalue weighted by Crippen LogP contribution is -2.00. The number of aromatic nitrogens is 3. The van der Waals surface area contributed by atoms with E-state index in [9.17, 15) is 0 Å². The molecule has 0 fully saturated rings. The fourth-order valence-electron chi connectivity index (χ4n) is 3.89. The first-order valence-corrected chi connectivity index (χ1v) is 10.6. The van der Waals surface area contributed by atoms with Gasteiger partial charge in [-0.3, -0.25) is 0 Å². The zero-order valence-electron chi connectivity index (χ0n) is 16.9. The first-order valence-electron chi connectivity index (χ1n) is 10.2. The number of para-hydroxylation sites is 1. The van der Waals surface area contributed by atoms with Crippen molar-refractivity contribution in [3.63, 3.8) is 0 Å². The number of rotatable bonds is 3. The van der Waals surface area contributed by atoms with Crippen LogP contribution in [0.3, 0.4) is 0 Å². The molecule has 0 spiro atoms. The lowest BCUT2D eigenvalue weighted by atomic mass is 10.1. The smallest absolute Gasteiger partial charge is 0.167 e. The number of fused-ring (bicyclic) bond motifs is 3. The summed E-state index contributed by atoms with van der Waals surface area (Å²) in [6, 6.07) is 31.5. The average Bonchev–Trinajstić information content (AvgIpc) is 3.25. The van der Waals surface area contributed by atoms with Crippen LogP contribution in [0.1, 0.15) is 0 Å². The van der Waals surface area contributed by atoms with Crippen LogP contribution in [-0.2, 0) is 0 Å². The van der Waals surface area contributed by atoms with Crippen molar-refractivity contribution >= 4 is 33.5 Å². The monoisotopic (exact) mass is 433 g/mol. The minimum atomic E-state index is 0.540. The zero-order valence-corrected chi connectivity index (χ0v) is 17.6. The summed E-state index contributed by atoms with van der Waals surface area (Å²) in [4.78, 5) is 14.4. The molecule has 0 unspecified atom stereocenters. The molecule has 0 bridgehead atoms. The van der Waals surface area contributed by atoms with Crippen molar-refractivity contribution < 1.29 is 4.42 Å². The SMILES string of the molecule is Clc1ccc(-c2nc(-c3ccccc3)nc(-c3ccccc3)n2)c2oc3ccccc3c12. The van der Waals surface area contributed by atoms with E-state index < -0.39 is 0 Å². The minimum absolute atomic E-state index is 0.540. The molecule has 0 aliphatic rings. The molecule has 0 N–H and O–H groups in total. The second kappa shape index (κ2) is 7.59. The maximum absolute atomic E-state index is 6.58. The van der Waals surface area contributed by atoms with Crippen molar-refractivity contribution in [2.24, 2.45) is 0 Å². The molecule has 0 amide bonds. The van der Waals surface area contributed by atoms with Gasteiger partial charge >= 0.3 is 0 Å². The van der Waals surface area contributed by atoms with Crippen LogP contribution >= 0.6 is 11.6 Å². The number of benzene rings is 4. The van der Waals surface area contributed by atoms with Crippen molar-refractivity contribution in [2.45, 2.75) is 0 Å². The summed E-state index contributed by atoms with van der Waals surface area (Å²) in [6.07, 6.45) is 0. The third-order valence-corrected chi connectivity index (χ3v) is 5.73. The molecule has 2 aromatic heterocycles. The fraction of sp³-hybridized carbons (Fsp3) is 0. The minimum Gasteiger partial charge on any atom is -0.455 e. The number of hydrogen-bond donors (Lipinski definition) is 0. The Kier molecular flexibility index (Phi) is 4.44. The molecule has 4 aromatic carbocycles. The van der Waals surface area contributed by atoms with Gasteiger partial charge in [0.25, 0.3) is 0 Å². The van der Waals surface area contributed by atoms with Gasteiger partial charge in [0.15, 0.2) is 17.5 Å². The van der Waals surface area contributed by atoms with Gasteiger partial charge in [0.2, 0.25) is 0 Å². The van der Waals surface area contributed by atoms with Crippen LogP contribution in [0.15, 0.2) is 101 Å². The van der Waals surface area contributed by atoms with Crippen molar-refractivity contribution in [3.05, 3.63) is 102 Å². The van der Waals surface area contributed by atoms with E-state index in [1.807, 2.05) is 97.1 Å². The van der Waals surface area contributed by atoms with Crippen LogP contribution in [0.25, 0.3) is 56.1 Å². The Morgan fingerprint density at radius 3 is 1.78 bits per heavy atom. The number of hydrogen-bond acceptors (Lipinski definition) is 4. The zero-order chi connectivity index (χ0) is 21.5. The molecule has 0 atom stereocenters. The van der Waals surface area contributed by atoms with Crippen LogP contribution in [0.5, 0.6) is 0 Å². The largest absolute Gasteiger partial charge is 0.455 e. The predicted molar refractivity (Wildman–Crippen MR) is 128 cm³/mol.